The van der Waals surface area contributed by atoms with Crippen molar-refractivity contribution in [3.63, 3.8) is 0 Å². The Kier molecular flexibility index (Phi) is 4.09. The van der Waals surface area contributed by atoms with E-state index in [4.69, 9.17) is 4.74 Å². The van der Waals surface area contributed by atoms with Crippen LogP contribution in [0.1, 0.15) is 38.9 Å². The molecular weight excluding hydrogens is 294 g/mol. The van der Waals surface area contributed by atoms with Crippen LogP contribution in [0.5, 0.6) is 5.75 Å². The van der Waals surface area contributed by atoms with Gasteiger partial charge in [-0.2, -0.15) is 5.10 Å². The lowest BCUT2D eigenvalue weighted by atomic mass is 10.0. The maximum Gasteiger partial charge on any atom is 0.258 e. The summed E-state index contributed by atoms with van der Waals surface area (Å²) in [6, 6.07) is 4.87. The van der Waals surface area contributed by atoms with Gasteiger partial charge in [-0.15, -0.1) is 0 Å². The first-order valence-electron chi connectivity index (χ1n) is 7.69. The molecule has 0 spiro atoms. The Labute approximate surface area is 135 Å². The number of phenolic OH excluding ortho intramolecular Hbond substituents is 1. The molecule has 0 unspecified atom stereocenters. The van der Waals surface area contributed by atoms with E-state index < -0.39 is 0 Å². The number of carbonyl (C=O) groups is 1. The van der Waals surface area contributed by atoms with Crippen LogP contribution in [0, 0.1) is 20.8 Å². The SMILES string of the molecule is Cc1ccc(O)c(C(=O)N2CCOC[C@H]2c2c(C)n[nH]c2C)c1. The highest BCUT2D eigenvalue weighted by Crippen LogP contribution is 2.31. The summed E-state index contributed by atoms with van der Waals surface area (Å²) in [5.41, 5.74) is 4.06. The van der Waals surface area contributed by atoms with E-state index in [1.165, 1.54) is 0 Å². The predicted octanol–water partition coefficient (Wildman–Crippen LogP) is 2.25. The molecule has 2 heterocycles. The lowest BCUT2D eigenvalue weighted by molar-refractivity contribution is -0.00316. The fourth-order valence-corrected chi connectivity index (χ4v) is 3.11. The van der Waals surface area contributed by atoms with Crippen LogP contribution in [0.2, 0.25) is 0 Å². The number of aromatic hydroxyl groups is 1. The van der Waals surface area contributed by atoms with E-state index in [2.05, 4.69) is 10.2 Å². The normalized spacial score (nSPS) is 18.2. The number of aromatic nitrogens is 2. The number of nitrogens with one attached hydrogen (secondary N) is 1. The zero-order valence-electron chi connectivity index (χ0n) is 13.6. The van der Waals surface area contributed by atoms with Crippen molar-refractivity contribution in [1.29, 1.82) is 0 Å². The van der Waals surface area contributed by atoms with Crippen molar-refractivity contribution in [2.24, 2.45) is 0 Å². The van der Waals surface area contributed by atoms with Crippen molar-refractivity contribution in [3.8, 4) is 5.75 Å². The second kappa shape index (κ2) is 6.04. The summed E-state index contributed by atoms with van der Waals surface area (Å²) in [7, 11) is 0. The van der Waals surface area contributed by atoms with Gasteiger partial charge in [0.1, 0.15) is 5.75 Å². The van der Waals surface area contributed by atoms with Crippen molar-refractivity contribution >= 4 is 5.91 Å². The molecule has 23 heavy (non-hydrogen) atoms. The van der Waals surface area contributed by atoms with Gasteiger partial charge in [-0.25, -0.2) is 0 Å². The third kappa shape index (κ3) is 2.82. The number of rotatable bonds is 2. The molecule has 1 fully saturated rings. The van der Waals surface area contributed by atoms with Crippen LogP contribution in [0.15, 0.2) is 18.2 Å². The Bertz CT molecular complexity index is 719. The number of morpholine rings is 1. The molecular formula is C17H21N3O3. The minimum Gasteiger partial charge on any atom is -0.507 e. The first-order valence-corrected chi connectivity index (χ1v) is 7.69. The largest absolute Gasteiger partial charge is 0.507 e. The smallest absolute Gasteiger partial charge is 0.258 e. The number of H-pyrrole nitrogens is 1. The molecule has 6 nitrogen and oxygen atoms in total. The van der Waals surface area contributed by atoms with Crippen LogP contribution >= 0.6 is 0 Å². The van der Waals surface area contributed by atoms with E-state index in [-0.39, 0.29) is 17.7 Å². The molecule has 122 valence electrons. The minimum atomic E-state index is -0.199. The van der Waals surface area contributed by atoms with Crippen LogP contribution in [-0.2, 0) is 4.74 Å². The molecule has 0 bridgehead atoms. The standard InChI is InChI=1S/C17H21N3O3/c1-10-4-5-15(21)13(8-10)17(22)20-6-7-23-9-14(20)16-11(2)18-19-12(16)3/h4-5,8,14,21H,6-7,9H2,1-3H3,(H,18,19)/t14-/m0/s1. The number of ether oxygens (including phenoxy) is 1. The van der Waals surface area contributed by atoms with Crippen molar-refractivity contribution in [3.05, 3.63) is 46.3 Å². The average molecular weight is 315 g/mol. The minimum absolute atomic E-state index is 0.00600. The fourth-order valence-electron chi connectivity index (χ4n) is 3.11. The zero-order valence-corrected chi connectivity index (χ0v) is 13.6. The van der Waals surface area contributed by atoms with Gasteiger partial charge in [0, 0.05) is 17.8 Å². The van der Waals surface area contributed by atoms with E-state index in [0.717, 1.165) is 22.5 Å². The van der Waals surface area contributed by atoms with Crippen LogP contribution in [0.4, 0.5) is 0 Å². The quantitative estimate of drug-likeness (QED) is 0.891. The number of phenols is 1. The first-order chi connectivity index (χ1) is 11.0. The van der Waals surface area contributed by atoms with Gasteiger partial charge < -0.3 is 14.7 Å². The maximum atomic E-state index is 13.0. The molecule has 2 N–H and O–H groups in total. The van der Waals surface area contributed by atoms with E-state index in [0.29, 0.717) is 25.3 Å². The molecule has 1 amide bonds. The van der Waals surface area contributed by atoms with Crippen LogP contribution in [0.25, 0.3) is 0 Å². The van der Waals surface area contributed by atoms with Gasteiger partial charge in [0.25, 0.3) is 5.91 Å². The molecule has 1 aromatic carbocycles. The van der Waals surface area contributed by atoms with Crippen LogP contribution in [0.3, 0.4) is 0 Å². The van der Waals surface area contributed by atoms with E-state index in [1.54, 1.807) is 23.1 Å². The molecule has 1 atom stereocenters. The second-order valence-electron chi connectivity index (χ2n) is 5.96. The Morgan fingerprint density at radius 3 is 2.87 bits per heavy atom. The van der Waals surface area contributed by atoms with Crippen LogP contribution in [-0.4, -0.2) is 45.9 Å². The van der Waals surface area contributed by atoms with Crippen molar-refractivity contribution in [1.82, 2.24) is 15.1 Å². The summed E-state index contributed by atoms with van der Waals surface area (Å²) >= 11 is 0. The monoisotopic (exact) mass is 315 g/mol. The third-order valence-electron chi connectivity index (χ3n) is 4.29. The second-order valence-corrected chi connectivity index (χ2v) is 5.96. The van der Waals surface area contributed by atoms with Gasteiger partial charge in [-0.05, 0) is 32.9 Å². The number of hydrogen-bond donors (Lipinski definition) is 2. The lowest BCUT2D eigenvalue weighted by Crippen LogP contribution is -2.43. The number of nitrogens with zero attached hydrogens (tertiary/aromatic N) is 2. The molecule has 1 saturated heterocycles. The van der Waals surface area contributed by atoms with Crippen molar-refractivity contribution in [2.75, 3.05) is 19.8 Å². The summed E-state index contributed by atoms with van der Waals surface area (Å²) in [4.78, 5) is 14.7. The third-order valence-corrected chi connectivity index (χ3v) is 4.29. The molecule has 1 aromatic heterocycles. The molecule has 2 aromatic rings. The molecule has 3 rings (SSSR count). The number of benzene rings is 1. The number of amides is 1. The van der Waals surface area contributed by atoms with Crippen LogP contribution < -0.4 is 0 Å². The van der Waals surface area contributed by atoms with E-state index in [1.807, 2.05) is 20.8 Å². The van der Waals surface area contributed by atoms with Gasteiger partial charge in [-0.1, -0.05) is 11.6 Å². The van der Waals surface area contributed by atoms with E-state index in [9.17, 15) is 9.90 Å². The summed E-state index contributed by atoms with van der Waals surface area (Å²) in [6.45, 7) is 7.17. The maximum absolute atomic E-state index is 13.0. The molecule has 6 heteroatoms. The summed E-state index contributed by atoms with van der Waals surface area (Å²) < 4.78 is 5.59. The van der Waals surface area contributed by atoms with Crippen molar-refractivity contribution in [2.45, 2.75) is 26.8 Å². The van der Waals surface area contributed by atoms with E-state index >= 15 is 0 Å². The Hall–Kier alpha value is -2.34. The summed E-state index contributed by atoms with van der Waals surface area (Å²) in [5.74, 6) is -0.175. The number of carbonyl (C=O) groups excluding carboxylic acids is 1. The Morgan fingerprint density at radius 2 is 2.17 bits per heavy atom. The highest BCUT2D eigenvalue weighted by atomic mass is 16.5. The first kappa shape index (κ1) is 15.6. The zero-order chi connectivity index (χ0) is 16.6. The molecule has 0 aliphatic carbocycles. The summed E-state index contributed by atoms with van der Waals surface area (Å²) in [5, 5.41) is 17.2. The van der Waals surface area contributed by atoms with Gasteiger partial charge in [0.15, 0.2) is 0 Å². The topological polar surface area (TPSA) is 78.4 Å². The van der Waals surface area contributed by atoms with Crippen molar-refractivity contribution < 1.29 is 14.6 Å². The molecule has 1 aliphatic rings. The van der Waals surface area contributed by atoms with Gasteiger partial charge in [0.05, 0.1) is 30.5 Å². The molecule has 1 aliphatic heterocycles. The Morgan fingerprint density at radius 1 is 1.39 bits per heavy atom. The van der Waals surface area contributed by atoms with Gasteiger partial charge in [-0.3, -0.25) is 9.89 Å². The highest BCUT2D eigenvalue weighted by molar-refractivity contribution is 5.97. The number of aryl methyl sites for hydroxylation is 3. The van der Waals surface area contributed by atoms with Gasteiger partial charge >= 0.3 is 0 Å². The summed E-state index contributed by atoms with van der Waals surface area (Å²) in [6.07, 6.45) is 0. The molecule has 0 radical (unpaired) electrons. The lowest BCUT2D eigenvalue weighted by Gasteiger charge is -2.36. The van der Waals surface area contributed by atoms with Gasteiger partial charge in [0.2, 0.25) is 0 Å². The molecule has 0 saturated carbocycles. The number of hydrogen-bond acceptors (Lipinski definition) is 4. The predicted molar refractivity (Wildman–Crippen MR) is 85.5 cm³/mol. The average Bonchev–Trinajstić information content (AvgIpc) is 2.88. The highest BCUT2D eigenvalue weighted by Gasteiger charge is 2.33. The number of aromatic amines is 1. The fraction of sp³-hybridized carbons (Fsp3) is 0.412. The Balaban J connectivity index is 1.99.